The molecule has 0 bridgehead atoms. The van der Waals surface area contributed by atoms with Crippen LogP contribution in [0.2, 0.25) is 5.02 Å². The largest absolute Gasteiger partial charge is 0.490 e. The van der Waals surface area contributed by atoms with Crippen molar-refractivity contribution in [2.24, 2.45) is 0 Å². The minimum absolute atomic E-state index is 0.0934. The van der Waals surface area contributed by atoms with E-state index in [9.17, 15) is 14.4 Å². The number of para-hydroxylation sites is 1. The topological polar surface area (TPSA) is 128 Å². The summed E-state index contributed by atoms with van der Waals surface area (Å²) in [5.41, 5.74) is 1.64. The van der Waals surface area contributed by atoms with Crippen LogP contribution in [0.1, 0.15) is 34.6 Å². The number of carbonyl (C=O) groups is 3. The Balaban J connectivity index is 1.26. The van der Waals surface area contributed by atoms with Crippen LogP contribution in [0, 0.1) is 0 Å². The van der Waals surface area contributed by atoms with Crippen LogP contribution in [0.3, 0.4) is 0 Å². The Labute approximate surface area is 248 Å². The maximum Gasteiger partial charge on any atom is 0.302 e. The molecule has 0 saturated carbocycles. The molecule has 13 heteroatoms. The van der Waals surface area contributed by atoms with Crippen LogP contribution in [-0.2, 0) is 38.6 Å². The summed E-state index contributed by atoms with van der Waals surface area (Å²) in [5.74, 6) is 0.191. The van der Waals surface area contributed by atoms with Gasteiger partial charge in [0.25, 0.3) is 5.91 Å². The van der Waals surface area contributed by atoms with Gasteiger partial charge < -0.3 is 23.5 Å². The fraction of sp³-hybridized carbons (Fsp3) is 0.414. The molecule has 1 saturated heterocycles. The number of morpholine rings is 1. The van der Waals surface area contributed by atoms with Crippen LogP contribution < -0.4 is 9.64 Å². The van der Waals surface area contributed by atoms with Gasteiger partial charge in [-0.2, -0.15) is 0 Å². The lowest BCUT2D eigenvalue weighted by atomic mass is 10.1. The number of halogens is 1. The number of hydrogen-bond acceptors (Lipinski definition) is 10. The summed E-state index contributed by atoms with van der Waals surface area (Å²) in [6.45, 7) is 5.74. The third kappa shape index (κ3) is 7.44. The number of ether oxygens (including phenoxy) is 3. The summed E-state index contributed by atoms with van der Waals surface area (Å²) in [5, 5.41) is 8.50. The molecule has 2 aliphatic heterocycles. The average molecular weight is 598 g/mol. The second-order valence-electron chi connectivity index (χ2n) is 9.89. The van der Waals surface area contributed by atoms with Gasteiger partial charge >= 0.3 is 5.97 Å². The first kappa shape index (κ1) is 29.5. The average Bonchev–Trinajstić information content (AvgIpc) is 3.39. The Morgan fingerprint density at radius 1 is 1.02 bits per heavy atom. The van der Waals surface area contributed by atoms with E-state index in [1.54, 1.807) is 23.1 Å². The molecule has 0 atom stereocenters. The normalized spacial score (nSPS) is 15.7. The van der Waals surface area contributed by atoms with E-state index in [4.69, 9.17) is 30.2 Å². The molecule has 2 amide bonds. The molecule has 12 nitrogen and oxygen atoms in total. The van der Waals surface area contributed by atoms with E-state index in [0.717, 1.165) is 38.4 Å². The van der Waals surface area contributed by atoms with Gasteiger partial charge in [0.15, 0.2) is 0 Å². The van der Waals surface area contributed by atoms with Gasteiger partial charge in [0.05, 0.1) is 30.3 Å². The number of rotatable bonds is 10. The lowest BCUT2D eigenvalue weighted by molar-refractivity contribution is -0.141. The maximum absolute atomic E-state index is 13.7. The molecule has 42 heavy (non-hydrogen) atoms. The van der Waals surface area contributed by atoms with Crippen LogP contribution in [0.4, 0.5) is 5.69 Å². The molecule has 0 N–H and O–H groups in total. The monoisotopic (exact) mass is 597 g/mol. The maximum atomic E-state index is 13.7. The summed E-state index contributed by atoms with van der Waals surface area (Å²) in [4.78, 5) is 43.4. The summed E-state index contributed by atoms with van der Waals surface area (Å²) < 4.78 is 21.7. The van der Waals surface area contributed by atoms with E-state index in [0.29, 0.717) is 29.6 Å². The zero-order chi connectivity index (χ0) is 29.5. The van der Waals surface area contributed by atoms with Gasteiger partial charge in [0, 0.05) is 45.2 Å². The van der Waals surface area contributed by atoms with E-state index in [1.165, 1.54) is 17.9 Å². The first-order valence-corrected chi connectivity index (χ1v) is 14.1. The van der Waals surface area contributed by atoms with Crippen molar-refractivity contribution in [3.05, 3.63) is 70.4 Å². The molecular weight excluding hydrogens is 566 g/mol. The first-order valence-electron chi connectivity index (χ1n) is 13.7. The fourth-order valence-electron chi connectivity index (χ4n) is 4.79. The molecule has 222 valence electrons. The fourth-order valence-corrected chi connectivity index (χ4v) is 5.04. The SMILES string of the molecule is CC(=O)OCCOc1ccc(C(=O)N2CC(=O)N(Cc3nnc(CCN4CCOCC4)o3)Cc3ccccc32)c(Cl)c1. The number of hydrogen-bond donors (Lipinski definition) is 0. The van der Waals surface area contributed by atoms with Crippen molar-refractivity contribution in [2.75, 3.05) is 57.5 Å². The highest BCUT2D eigenvalue weighted by atomic mass is 35.5. The predicted octanol–water partition coefficient (Wildman–Crippen LogP) is 2.73. The molecule has 0 aliphatic carbocycles. The number of fused-ring (bicyclic) bond motifs is 1. The van der Waals surface area contributed by atoms with Crippen molar-refractivity contribution in [2.45, 2.75) is 26.4 Å². The quantitative estimate of drug-likeness (QED) is 0.254. The van der Waals surface area contributed by atoms with Crippen molar-refractivity contribution in [3.63, 3.8) is 0 Å². The smallest absolute Gasteiger partial charge is 0.302 e. The second-order valence-corrected chi connectivity index (χ2v) is 10.3. The number of nitrogens with zero attached hydrogens (tertiary/aromatic N) is 5. The summed E-state index contributed by atoms with van der Waals surface area (Å²) >= 11 is 6.48. The Kier molecular flexibility index (Phi) is 9.67. The Hall–Kier alpha value is -4.00. The van der Waals surface area contributed by atoms with Crippen molar-refractivity contribution in [1.82, 2.24) is 20.0 Å². The molecule has 3 aromatic rings. The van der Waals surface area contributed by atoms with Crippen LogP contribution in [-0.4, -0.2) is 90.4 Å². The molecule has 0 radical (unpaired) electrons. The van der Waals surface area contributed by atoms with Crippen LogP contribution >= 0.6 is 11.6 Å². The number of aromatic nitrogens is 2. The van der Waals surface area contributed by atoms with Crippen molar-refractivity contribution < 1.29 is 33.0 Å². The van der Waals surface area contributed by atoms with Gasteiger partial charge in [0.1, 0.15) is 25.5 Å². The number of anilines is 1. The summed E-state index contributed by atoms with van der Waals surface area (Å²) in [6.07, 6.45) is 0.614. The molecule has 5 rings (SSSR count). The third-order valence-electron chi connectivity index (χ3n) is 6.94. The van der Waals surface area contributed by atoms with Crippen molar-refractivity contribution >= 4 is 35.1 Å². The van der Waals surface area contributed by atoms with Crippen LogP contribution in [0.5, 0.6) is 5.75 Å². The number of amides is 2. The zero-order valence-corrected chi connectivity index (χ0v) is 24.0. The van der Waals surface area contributed by atoms with Crippen molar-refractivity contribution in [3.8, 4) is 5.75 Å². The Bertz CT molecular complexity index is 1420. The van der Waals surface area contributed by atoms with Crippen molar-refractivity contribution in [1.29, 1.82) is 0 Å². The second kappa shape index (κ2) is 13.8. The lowest BCUT2D eigenvalue weighted by Crippen LogP contribution is -2.40. The molecule has 0 spiro atoms. The summed E-state index contributed by atoms with van der Waals surface area (Å²) in [6, 6.07) is 12.0. The van der Waals surface area contributed by atoms with Crippen LogP contribution in [0.15, 0.2) is 46.9 Å². The summed E-state index contributed by atoms with van der Waals surface area (Å²) in [7, 11) is 0. The van der Waals surface area contributed by atoms with E-state index in [2.05, 4.69) is 15.1 Å². The highest BCUT2D eigenvalue weighted by Gasteiger charge is 2.31. The Morgan fingerprint density at radius 3 is 2.60 bits per heavy atom. The van der Waals surface area contributed by atoms with E-state index in [1.807, 2.05) is 18.2 Å². The van der Waals surface area contributed by atoms with Gasteiger partial charge in [-0.05, 0) is 29.8 Å². The molecule has 1 fully saturated rings. The van der Waals surface area contributed by atoms with Crippen LogP contribution in [0.25, 0.3) is 0 Å². The highest BCUT2D eigenvalue weighted by Crippen LogP contribution is 2.30. The first-order chi connectivity index (χ1) is 20.4. The zero-order valence-electron chi connectivity index (χ0n) is 23.3. The molecule has 2 aromatic carbocycles. The minimum atomic E-state index is -0.419. The Morgan fingerprint density at radius 2 is 1.81 bits per heavy atom. The molecule has 3 heterocycles. The standard InChI is InChI=1S/C29H32ClN5O7/c1-20(36)40-14-15-41-22-6-7-23(24(30)16-22)29(38)35-19-28(37)34(17-21-4-2-3-5-25(21)35)18-27-32-31-26(42-27)8-9-33-10-12-39-13-11-33/h2-7,16H,8-15,17-19H2,1H3. The van der Waals surface area contributed by atoms with E-state index < -0.39 is 11.9 Å². The lowest BCUT2D eigenvalue weighted by Gasteiger charge is -2.25. The predicted molar refractivity (Wildman–Crippen MR) is 151 cm³/mol. The molecule has 0 unspecified atom stereocenters. The van der Waals surface area contributed by atoms with Gasteiger partial charge in [-0.25, -0.2) is 0 Å². The van der Waals surface area contributed by atoms with E-state index >= 15 is 0 Å². The van der Waals surface area contributed by atoms with Gasteiger partial charge in [-0.15, -0.1) is 10.2 Å². The number of carbonyl (C=O) groups excluding carboxylic acids is 3. The number of benzene rings is 2. The third-order valence-corrected chi connectivity index (χ3v) is 7.26. The minimum Gasteiger partial charge on any atom is -0.490 e. The van der Waals surface area contributed by atoms with E-state index in [-0.39, 0.29) is 49.3 Å². The van der Waals surface area contributed by atoms with Gasteiger partial charge in [-0.1, -0.05) is 29.8 Å². The molecular formula is C29H32ClN5O7. The van der Waals surface area contributed by atoms with Gasteiger partial charge in [0.2, 0.25) is 17.7 Å². The molecule has 2 aliphatic rings. The highest BCUT2D eigenvalue weighted by molar-refractivity contribution is 6.34. The molecule has 1 aromatic heterocycles. The van der Waals surface area contributed by atoms with Gasteiger partial charge in [-0.3, -0.25) is 24.2 Å². The number of esters is 1.